The highest BCUT2D eigenvalue weighted by Crippen LogP contribution is 2.35. The maximum absolute atomic E-state index is 12.4. The fourth-order valence-electron chi connectivity index (χ4n) is 1.75. The van der Waals surface area contributed by atoms with Crippen LogP contribution in [0, 0.1) is 6.92 Å². The molecule has 1 heterocycles. The molecule has 0 aliphatic heterocycles. The van der Waals surface area contributed by atoms with Gasteiger partial charge >= 0.3 is 6.36 Å². The van der Waals surface area contributed by atoms with E-state index in [2.05, 4.69) is 9.72 Å². The quantitative estimate of drug-likeness (QED) is 0.906. The first-order valence-electron chi connectivity index (χ1n) is 5.45. The molecule has 19 heavy (non-hydrogen) atoms. The van der Waals surface area contributed by atoms with Crippen LogP contribution in [0.25, 0.3) is 11.1 Å². The Balaban J connectivity index is 2.54. The number of nitrogens with two attached hydrogens (primary N) is 1. The molecule has 1 aromatic carbocycles. The molecular formula is C13H11F3N2O. The highest BCUT2D eigenvalue weighted by Gasteiger charge is 2.32. The number of nitrogen functional groups attached to an aromatic ring is 1. The molecule has 0 aliphatic rings. The summed E-state index contributed by atoms with van der Waals surface area (Å²) in [6, 6.07) is 7.52. The molecule has 0 fully saturated rings. The van der Waals surface area contributed by atoms with Gasteiger partial charge in [-0.2, -0.15) is 0 Å². The fraction of sp³-hybridized carbons (Fsp3) is 0.154. The summed E-state index contributed by atoms with van der Waals surface area (Å²) < 4.78 is 41.1. The van der Waals surface area contributed by atoms with Gasteiger partial charge in [-0.3, -0.25) is 0 Å². The third kappa shape index (κ3) is 2.96. The molecule has 0 aliphatic carbocycles. The fourth-order valence-corrected chi connectivity index (χ4v) is 1.75. The first-order valence-corrected chi connectivity index (χ1v) is 5.45. The van der Waals surface area contributed by atoms with Crippen molar-refractivity contribution < 1.29 is 17.9 Å². The van der Waals surface area contributed by atoms with Crippen LogP contribution in [0.15, 0.2) is 36.5 Å². The zero-order valence-electron chi connectivity index (χ0n) is 10.0. The number of hydrogen-bond acceptors (Lipinski definition) is 3. The SMILES string of the molecule is Cc1c(-c2ccccc2OC(F)(F)F)ccnc1N. The number of anilines is 1. The number of nitrogens with zero attached hydrogens (tertiary/aromatic N) is 1. The molecule has 6 heteroatoms. The summed E-state index contributed by atoms with van der Waals surface area (Å²) in [5.41, 5.74) is 7.16. The standard InChI is InChI=1S/C13H11F3N2O/c1-8-9(6-7-18-12(8)17)10-4-2-3-5-11(10)19-13(14,15)16/h2-7H,1H3,(H2,17,18). The predicted molar refractivity (Wildman–Crippen MR) is 65.5 cm³/mol. The Morgan fingerprint density at radius 3 is 2.47 bits per heavy atom. The van der Waals surface area contributed by atoms with Crippen LogP contribution in [0.3, 0.4) is 0 Å². The van der Waals surface area contributed by atoms with Crippen LogP contribution in [0.5, 0.6) is 5.75 Å². The van der Waals surface area contributed by atoms with Crippen LogP contribution in [0.4, 0.5) is 19.0 Å². The Morgan fingerprint density at radius 2 is 1.79 bits per heavy atom. The van der Waals surface area contributed by atoms with Crippen molar-refractivity contribution in [1.29, 1.82) is 0 Å². The molecule has 0 amide bonds. The zero-order valence-corrected chi connectivity index (χ0v) is 10.0. The maximum atomic E-state index is 12.4. The molecule has 0 unspecified atom stereocenters. The van der Waals surface area contributed by atoms with Crippen molar-refractivity contribution in [3.63, 3.8) is 0 Å². The molecule has 0 spiro atoms. The minimum Gasteiger partial charge on any atom is -0.405 e. The number of aromatic nitrogens is 1. The van der Waals surface area contributed by atoms with Crippen LogP contribution in [0.2, 0.25) is 0 Å². The van der Waals surface area contributed by atoms with Crippen LogP contribution in [-0.2, 0) is 0 Å². The molecule has 0 bridgehead atoms. The van der Waals surface area contributed by atoms with E-state index in [-0.39, 0.29) is 11.6 Å². The van der Waals surface area contributed by atoms with E-state index >= 15 is 0 Å². The summed E-state index contributed by atoms with van der Waals surface area (Å²) in [7, 11) is 0. The number of hydrogen-bond donors (Lipinski definition) is 1. The molecule has 100 valence electrons. The number of halogens is 3. The normalized spacial score (nSPS) is 11.4. The lowest BCUT2D eigenvalue weighted by atomic mass is 10.0. The Hall–Kier alpha value is -2.24. The largest absolute Gasteiger partial charge is 0.573 e. The number of rotatable bonds is 2. The number of para-hydroxylation sites is 1. The summed E-state index contributed by atoms with van der Waals surface area (Å²) >= 11 is 0. The molecule has 3 nitrogen and oxygen atoms in total. The minimum atomic E-state index is -4.73. The van der Waals surface area contributed by atoms with Crippen molar-refractivity contribution in [2.24, 2.45) is 0 Å². The van der Waals surface area contributed by atoms with E-state index in [0.29, 0.717) is 16.7 Å². The van der Waals surface area contributed by atoms with Crippen molar-refractivity contribution in [3.05, 3.63) is 42.1 Å². The van der Waals surface area contributed by atoms with Gasteiger partial charge in [-0.05, 0) is 30.2 Å². The first kappa shape index (κ1) is 13.2. The van der Waals surface area contributed by atoms with Crippen molar-refractivity contribution in [2.45, 2.75) is 13.3 Å². The van der Waals surface area contributed by atoms with Crippen molar-refractivity contribution in [3.8, 4) is 16.9 Å². The average Bonchev–Trinajstić information content (AvgIpc) is 2.32. The van der Waals surface area contributed by atoms with Gasteiger partial charge in [0.2, 0.25) is 0 Å². The molecule has 2 aromatic rings. The topological polar surface area (TPSA) is 48.1 Å². The molecule has 0 radical (unpaired) electrons. The lowest BCUT2D eigenvalue weighted by Gasteiger charge is -2.15. The average molecular weight is 268 g/mol. The van der Waals surface area contributed by atoms with Crippen molar-refractivity contribution >= 4 is 5.82 Å². The number of pyridine rings is 1. The van der Waals surface area contributed by atoms with E-state index in [4.69, 9.17) is 5.73 Å². The van der Waals surface area contributed by atoms with Gasteiger partial charge in [-0.1, -0.05) is 18.2 Å². The van der Waals surface area contributed by atoms with Crippen LogP contribution in [0.1, 0.15) is 5.56 Å². The van der Waals surface area contributed by atoms with Gasteiger partial charge < -0.3 is 10.5 Å². The number of alkyl halides is 3. The third-order valence-corrected chi connectivity index (χ3v) is 2.65. The highest BCUT2D eigenvalue weighted by molar-refractivity contribution is 5.75. The van der Waals surface area contributed by atoms with Gasteiger partial charge in [0, 0.05) is 11.8 Å². The first-order chi connectivity index (χ1) is 8.88. The lowest BCUT2D eigenvalue weighted by Crippen LogP contribution is -2.17. The van der Waals surface area contributed by atoms with E-state index in [0.717, 1.165) is 0 Å². The molecule has 0 saturated carbocycles. The van der Waals surface area contributed by atoms with Gasteiger partial charge in [0.25, 0.3) is 0 Å². The molecule has 2 rings (SSSR count). The summed E-state index contributed by atoms with van der Waals surface area (Å²) in [5.74, 6) is 0.0167. The van der Waals surface area contributed by atoms with Gasteiger partial charge in [0.15, 0.2) is 0 Å². The Morgan fingerprint density at radius 1 is 1.11 bits per heavy atom. The highest BCUT2D eigenvalue weighted by atomic mass is 19.4. The van der Waals surface area contributed by atoms with E-state index in [1.807, 2.05) is 0 Å². The molecular weight excluding hydrogens is 257 g/mol. The monoisotopic (exact) mass is 268 g/mol. The van der Waals surface area contributed by atoms with E-state index in [9.17, 15) is 13.2 Å². The smallest absolute Gasteiger partial charge is 0.405 e. The van der Waals surface area contributed by atoms with Gasteiger partial charge in [0.1, 0.15) is 11.6 Å². The van der Waals surface area contributed by atoms with Crippen LogP contribution in [-0.4, -0.2) is 11.3 Å². The van der Waals surface area contributed by atoms with E-state index in [1.54, 1.807) is 25.1 Å². The Labute approximate surface area is 107 Å². The second-order valence-corrected chi connectivity index (χ2v) is 3.91. The predicted octanol–water partition coefficient (Wildman–Crippen LogP) is 3.54. The Bertz CT molecular complexity index is 597. The molecule has 0 saturated heterocycles. The molecule has 0 atom stereocenters. The summed E-state index contributed by atoms with van der Waals surface area (Å²) in [6.45, 7) is 1.70. The number of ether oxygens (including phenoxy) is 1. The summed E-state index contributed by atoms with van der Waals surface area (Å²) in [6.07, 6.45) is -3.29. The van der Waals surface area contributed by atoms with Crippen LogP contribution >= 0.6 is 0 Å². The third-order valence-electron chi connectivity index (χ3n) is 2.65. The van der Waals surface area contributed by atoms with E-state index in [1.165, 1.54) is 18.3 Å². The molecule has 1 aromatic heterocycles. The Kier molecular flexibility index (Phi) is 3.33. The van der Waals surface area contributed by atoms with Gasteiger partial charge in [-0.25, -0.2) is 4.98 Å². The van der Waals surface area contributed by atoms with Gasteiger partial charge in [-0.15, -0.1) is 13.2 Å². The second kappa shape index (κ2) is 4.79. The zero-order chi connectivity index (χ0) is 14.0. The number of benzene rings is 1. The summed E-state index contributed by atoms with van der Waals surface area (Å²) in [5, 5.41) is 0. The van der Waals surface area contributed by atoms with E-state index < -0.39 is 6.36 Å². The summed E-state index contributed by atoms with van der Waals surface area (Å²) in [4.78, 5) is 3.88. The van der Waals surface area contributed by atoms with Crippen molar-refractivity contribution in [1.82, 2.24) is 4.98 Å². The lowest BCUT2D eigenvalue weighted by molar-refractivity contribution is -0.274. The van der Waals surface area contributed by atoms with Crippen LogP contribution < -0.4 is 10.5 Å². The van der Waals surface area contributed by atoms with Gasteiger partial charge in [0.05, 0.1) is 0 Å². The second-order valence-electron chi connectivity index (χ2n) is 3.91. The molecule has 2 N–H and O–H groups in total. The minimum absolute atomic E-state index is 0.260. The maximum Gasteiger partial charge on any atom is 0.573 e. The van der Waals surface area contributed by atoms with Crippen molar-refractivity contribution in [2.75, 3.05) is 5.73 Å².